The maximum absolute atomic E-state index is 12.5. The first kappa shape index (κ1) is 24.0. The van der Waals surface area contributed by atoms with Gasteiger partial charge in [0.1, 0.15) is 12.3 Å². The summed E-state index contributed by atoms with van der Waals surface area (Å²) in [6.45, 7) is 3.07. The molecular formula is C21H27N3O6S. The summed E-state index contributed by atoms with van der Waals surface area (Å²) >= 11 is 0. The van der Waals surface area contributed by atoms with Crippen molar-refractivity contribution in [3.63, 3.8) is 0 Å². The summed E-state index contributed by atoms with van der Waals surface area (Å²) in [5.41, 5.74) is 4.72. The molecule has 1 amide bonds. The van der Waals surface area contributed by atoms with E-state index in [1.165, 1.54) is 21.3 Å². The highest BCUT2D eigenvalue weighted by Gasteiger charge is 2.24. The molecule has 0 heterocycles. The SMILES string of the molecule is COc1ccc(/C(C)=N\NC(=O)CN(c2cc(C)ccc2OC)S(C)(=O)=O)cc1OC. The van der Waals surface area contributed by atoms with E-state index in [-0.39, 0.29) is 5.69 Å². The number of rotatable bonds is 9. The van der Waals surface area contributed by atoms with Crippen LogP contribution in [0.1, 0.15) is 18.1 Å². The number of aryl methyl sites for hydroxylation is 1. The molecule has 168 valence electrons. The van der Waals surface area contributed by atoms with E-state index in [1.54, 1.807) is 43.3 Å². The van der Waals surface area contributed by atoms with Gasteiger partial charge in [0.15, 0.2) is 11.5 Å². The highest BCUT2D eigenvalue weighted by atomic mass is 32.2. The van der Waals surface area contributed by atoms with E-state index in [1.807, 2.05) is 6.92 Å². The van der Waals surface area contributed by atoms with Crippen molar-refractivity contribution >= 4 is 27.3 Å². The molecule has 1 N–H and O–H groups in total. The molecule has 9 nitrogen and oxygen atoms in total. The minimum atomic E-state index is -3.76. The van der Waals surface area contributed by atoms with Crippen LogP contribution in [0, 0.1) is 6.92 Å². The fourth-order valence-electron chi connectivity index (χ4n) is 2.81. The number of carbonyl (C=O) groups excluding carboxylic acids is 1. The predicted molar refractivity (Wildman–Crippen MR) is 120 cm³/mol. The number of hydrogen-bond acceptors (Lipinski definition) is 7. The number of anilines is 1. The maximum atomic E-state index is 12.5. The third-order valence-electron chi connectivity index (χ3n) is 4.44. The van der Waals surface area contributed by atoms with Crippen LogP contribution >= 0.6 is 0 Å². The number of nitrogens with one attached hydrogen (secondary N) is 1. The van der Waals surface area contributed by atoms with Gasteiger partial charge in [-0.15, -0.1) is 0 Å². The zero-order chi connectivity index (χ0) is 23.2. The molecule has 0 saturated carbocycles. The zero-order valence-electron chi connectivity index (χ0n) is 18.4. The Labute approximate surface area is 182 Å². The summed E-state index contributed by atoms with van der Waals surface area (Å²) in [5.74, 6) is 0.831. The van der Waals surface area contributed by atoms with Crippen LogP contribution in [0.3, 0.4) is 0 Å². The average Bonchev–Trinajstić information content (AvgIpc) is 2.74. The number of nitrogens with zero attached hydrogens (tertiary/aromatic N) is 2. The number of methoxy groups -OCH3 is 3. The number of ether oxygens (including phenoxy) is 3. The lowest BCUT2D eigenvalue weighted by atomic mass is 10.1. The molecule has 0 aromatic heterocycles. The van der Waals surface area contributed by atoms with Gasteiger partial charge in [-0.25, -0.2) is 13.8 Å². The third-order valence-corrected chi connectivity index (χ3v) is 5.57. The molecule has 31 heavy (non-hydrogen) atoms. The minimum absolute atomic E-state index is 0.278. The Morgan fingerprint density at radius 2 is 1.61 bits per heavy atom. The van der Waals surface area contributed by atoms with E-state index < -0.39 is 22.5 Å². The Morgan fingerprint density at radius 1 is 1.00 bits per heavy atom. The van der Waals surface area contributed by atoms with Gasteiger partial charge in [-0.2, -0.15) is 5.10 Å². The first-order chi connectivity index (χ1) is 14.6. The molecule has 2 rings (SSSR count). The van der Waals surface area contributed by atoms with Crippen LogP contribution in [-0.4, -0.2) is 54.2 Å². The van der Waals surface area contributed by atoms with E-state index in [4.69, 9.17) is 14.2 Å². The second kappa shape index (κ2) is 10.2. The second-order valence-corrected chi connectivity index (χ2v) is 8.65. The van der Waals surface area contributed by atoms with Crippen molar-refractivity contribution in [1.82, 2.24) is 5.43 Å². The molecule has 0 atom stereocenters. The summed E-state index contributed by atoms with van der Waals surface area (Å²) in [4.78, 5) is 12.5. The average molecular weight is 450 g/mol. The van der Waals surface area contributed by atoms with Gasteiger partial charge in [-0.1, -0.05) is 6.07 Å². The number of amides is 1. The molecule has 0 spiro atoms. The standard InChI is InChI=1S/C21H27N3O6S/c1-14-7-9-18(28-3)17(11-14)24(31(6,26)27)13-21(25)23-22-15(2)16-8-10-19(29-4)20(12-16)30-5/h7-12H,13H2,1-6H3,(H,23,25)/b22-15-. The van der Waals surface area contributed by atoms with Crippen LogP contribution in [0.25, 0.3) is 0 Å². The van der Waals surface area contributed by atoms with Gasteiger partial charge in [-0.05, 0) is 49.7 Å². The molecule has 0 radical (unpaired) electrons. The van der Waals surface area contributed by atoms with E-state index in [9.17, 15) is 13.2 Å². The van der Waals surface area contributed by atoms with Crippen molar-refractivity contribution < 1.29 is 27.4 Å². The zero-order valence-corrected chi connectivity index (χ0v) is 19.2. The summed E-state index contributed by atoms with van der Waals surface area (Å²) in [5, 5.41) is 4.08. The Bertz CT molecular complexity index is 1080. The molecular weight excluding hydrogens is 422 g/mol. The van der Waals surface area contributed by atoms with Gasteiger partial charge in [0, 0.05) is 5.56 Å². The van der Waals surface area contributed by atoms with Gasteiger partial charge in [0.2, 0.25) is 10.0 Å². The van der Waals surface area contributed by atoms with Crippen LogP contribution in [0.4, 0.5) is 5.69 Å². The van der Waals surface area contributed by atoms with Crippen LogP contribution in [0.2, 0.25) is 0 Å². The number of hydrazone groups is 1. The fourth-order valence-corrected chi connectivity index (χ4v) is 3.67. The normalized spacial score (nSPS) is 11.6. The fraction of sp³-hybridized carbons (Fsp3) is 0.333. The summed E-state index contributed by atoms with van der Waals surface area (Å²) < 4.78 is 41.5. The van der Waals surface area contributed by atoms with Gasteiger partial charge >= 0.3 is 0 Å². The van der Waals surface area contributed by atoms with E-state index in [0.717, 1.165) is 16.1 Å². The third kappa shape index (κ3) is 6.11. The molecule has 0 bridgehead atoms. The van der Waals surface area contributed by atoms with Gasteiger partial charge in [0.25, 0.3) is 5.91 Å². The predicted octanol–water partition coefficient (Wildman–Crippen LogP) is 2.33. The second-order valence-electron chi connectivity index (χ2n) is 6.75. The highest BCUT2D eigenvalue weighted by molar-refractivity contribution is 7.92. The summed E-state index contributed by atoms with van der Waals surface area (Å²) in [6, 6.07) is 10.3. The quantitative estimate of drug-likeness (QED) is 0.465. The van der Waals surface area contributed by atoms with E-state index in [2.05, 4.69) is 10.5 Å². The Morgan fingerprint density at radius 3 is 2.19 bits per heavy atom. The lowest BCUT2D eigenvalue weighted by Crippen LogP contribution is -2.39. The molecule has 2 aromatic rings. The van der Waals surface area contributed by atoms with Gasteiger partial charge in [-0.3, -0.25) is 9.10 Å². The van der Waals surface area contributed by atoms with Crippen molar-refractivity contribution in [3.05, 3.63) is 47.5 Å². The van der Waals surface area contributed by atoms with Crippen LogP contribution in [0.5, 0.6) is 17.2 Å². The first-order valence-corrected chi connectivity index (χ1v) is 11.1. The Hall–Kier alpha value is -3.27. The van der Waals surface area contributed by atoms with Crippen LogP contribution in [-0.2, 0) is 14.8 Å². The van der Waals surface area contributed by atoms with E-state index >= 15 is 0 Å². The first-order valence-electron chi connectivity index (χ1n) is 9.28. The Kier molecular flexibility index (Phi) is 7.87. The van der Waals surface area contributed by atoms with Crippen molar-refractivity contribution in [2.75, 3.05) is 38.4 Å². The number of sulfonamides is 1. The molecule has 0 aliphatic carbocycles. The molecule has 0 fully saturated rings. The molecule has 0 saturated heterocycles. The van der Waals surface area contributed by atoms with Crippen molar-refractivity contribution in [2.24, 2.45) is 5.10 Å². The van der Waals surface area contributed by atoms with E-state index in [0.29, 0.717) is 28.5 Å². The lowest BCUT2D eigenvalue weighted by Gasteiger charge is -2.23. The van der Waals surface area contributed by atoms with Crippen molar-refractivity contribution in [3.8, 4) is 17.2 Å². The van der Waals surface area contributed by atoms with Crippen LogP contribution in [0.15, 0.2) is 41.5 Å². The smallest absolute Gasteiger partial charge is 0.260 e. The summed E-state index contributed by atoms with van der Waals surface area (Å²) in [6.07, 6.45) is 1.03. The largest absolute Gasteiger partial charge is 0.495 e. The molecule has 0 unspecified atom stereocenters. The topological polar surface area (TPSA) is 107 Å². The molecule has 0 aliphatic heterocycles. The summed E-state index contributed by atoms with van der Waals surface area (Å²) in [7, 11) is 0.740. The van der Waals surface area contributed by atoms with Gasteiger partial charge < -0.3 is 14.2 Å². The molecule has 0 aliphatic rings. The van der Waals surface area contributed by atoms with Crippen molar-refractivity contribution in [2.45, 2.75) is 13.8 Å². The number of carbonyl (C=O) groups is 1. The number of benzene rings is 2. The number of hydrogen-bond donors (Lipinski definition) is 1. The van der Waals surface area contributed by atoms with Gasteiger partial charge in [0.05, 0.1) is 39.0 Å². The monoisotopic (exact) mass is 449 g/mol. The highest BCUT2D eigenvalue weighted by Crippen LogP contribution is 2.31. The molecule has 2 aromatic carbocycles. The lowest BCUT2D eigenvalue weighted by molar-refractivity contribution is -0.119. The van der Waals surface area contributed by atoms with Crippen molar-refractivity contribution in [1.29, 1.82) is 0 Å². The molecule has 10 heteroatoms. The van der Waals surface area contributed by atoms with Crippen LogP contribution < -0.4 is 23.9 Å². The minimum Gasteiger partial charge on any atom is -0.495 e. The Balaban J connectivity index is 2.23. The maximum Gasteiger partial charge on any atom is 0.260 e.